The summed E-state index contributed by atoms with van der Waals surface area (Å²) >= 11 is 1.58. The Morgan fingerprint density at radius 1 is 1.05 bits per heavy atom. The minimum Gasteiger partial charge on any atom is -0.337 e. The summed E-state index contributed by atoms with van der Waals surface area (Å²) in [4.78, 5) is 15.4. The van der Waals surface area contributed by atoms with Gasteiger partial charge in [-0.1, -0.05) is 42.5 Å². The van der Waals surface area contributed by atoms with Crippen LogP contribution in [-0.4, -0.2) is 17.9 Å². The summed E-state index contributed by atoms with van der Waals surface area (Å²) in [5.74, 6) is 0.0990. The molecule has 0 spiro atoms. The Hall–Kier alpha value is -2.13. The fourth-order valence-corrected chi connectivity index (χ4v) is 3.87. The number of hydrogen-bond acceptors (Lipinski definition) is 2. The molecule has 22 heavy (non-hydrogen) atoms. The van der Waals surface area contributed by atoms with Crippen molar-refractivity contribution >= 4 is 27.3 Å². The summed E-state index contributed by atoms with van der Waals surface area (Å²) in [5, 5.41) is 1.18. The number of carbonyl (C=O) groups is 1. The maximum Gasteiger partial charge on any atom is 0.264 e. The lowest BCUT2D eigenvalue weighted by molar-refractivity contribution is 0.0789. The molecule has 0 aliphatic heterocycles. The van der Waals surface area contributed by atoms with Crippen LogP contribution in [0.1, 0.15) is 26.4 Å². The van der Waals surface area contributed by atoms with Gasteiger partial charge in [0.15, 0.2) is 0 Å². The highest BCUT2D eigenvalue weighted by Gasteiger charge is 2.19. The van der Waals surface area contributed by atoms with Crippen molar-refractivity contribution in [2.45, 2.75) is 20.4 Å². The second kappa shape index (κ2) is 5.93. The van der Waals surface area contributed by atoms with Gasteiger partial charge in [0.1, 0.15) is 0 Å². The maximum atomic E-state index is 12.8. The largest absolute Gasteiger partial charge is 0.337 e. The third-order valence-electron chi connectivity index (χ3n) is 4.05. The number of benzene rings is 2. The van der Waals surface area contributed by atoms with Crippen LogP contribution in [0, 0.1) is 13.8 Å². The Kier molecular flexibility index (Phi) is 3.99. The van der Waals surface area contributed by atoms with Crippen molar-refractivity contribution in [1.29, 1.82) is 0 Å². The van der Waals surface area contributed by atoms with E-state index < -0.39 is 0 Å². The molecule has 0 radical (unpaired) electrons. The average molecular weight is 309 g/mol. The second-order valence-corrected chi connectivity index (χ2v) is 6.69. The lowest BCUT2D eigenvalue weighted by Crippen LogP contribution is -2.26. The van der Waals surface area contributed by atoms with Crippen LogP contribution in [-0.2, 0) is 6.54 Å². The van der Waals surface area contributed by atoms with E-state index in [-0.39, 0.29) is 5.91 Å². The van der Waals surface area contributed by atoms with Gasteiger partial charge in [-0.15, -0.1) is 11.3 Å². The first kappa shape index (κ1) is 14.8. The fourth-order valence-electron chi connectivity index (χ4n) is 2.67. The van der Waals surface area contributed by atoms with Crippen molar-refractivity contribution < 1.29 is 4.79 Å². The number of fused-ring (bicyclic) bond motifs is 1. The Morgan fingerprint density at radius 3 is 2.45 bits per heavy atom. The van der Waals surface area contributed by atoms with Crippen LogP contribution in [0.15, 0.2) is 48.5 Å². The normalized spacial score (nSPS) is 10.9. The van der Waals surface area contributed by atoms with E-state index in [1.165, 1.54) is 21.2 Å². The molecule has 0 saturated carbocycles. The van der Waals surface area contributed by atoms with E-state index in [0.29, 0.717) is 6.54 Å². The van der Waals surface area contributed by atoms with Gasteiger partial charge in [-0.25, -0.2) is 0 Å². The van der Waals surface area contributed by atoms with Crippen molar-refractivity contribution in [3.05, 3.63) is 70.1 Å². The Bertz CT molecular complexity index is 834. The number of nitrogens with zero attached hydrogens (tertiary/aromatic N) is 1. The molecular formula is C19H19NOS. The number of amides is 1. The second-order valence-electron chi connectivity index (χ2n) is 5.64. The monoisotopic (exact) mass is 309 g/mol. The number of rotatable bonds is 3. The van der Waals surface area contributed by atoms with Crippen LogP contribution in [0.5, 0.6) is 0 Å². The van der Waals surface area contributed by atoms with Gasteiger partial charge in [0.2, 0.25) is 0 Å². The molecule has 0 unspecified atom stereocenters. The highest BCUT2D eigenvalue weighted by Crippen LogP contribution is 2.31. The molecule has 1 aromatic heterocycles. The summed E-state index contributed by atoms with van der Waals surface area (Å²) in [6.45, 7) is 4.76. The summed E-state index contributed by atoms with van der Waals surface area (Å²) in [5.41, 5.74) is 3.49. The van der Waals surface area contributed by atoms with Crippen LogP contribution < -0.4 is 0 Å². The summed E-state index contributed by atoms with van der Waals surface area (Å²) in [6, 6.07) is 16.4. The lowest BCUT2D eigenvalue weighted by Gasteiger charge is -2.18. The molecule has 3 heteroatoms. The molecular weight excluding hydrogens is 290 g/mol. The number of carbonyl (C=O) groups excluding carboxylic acids is 1. The first-order valence-electron chi connectivity index (χ1n) is 7.36. The van der Waals surface area contributed by atoms with Gasteiger partial charge in [-0.05, 0) is 42.0 Å². The van der Waals surface area contributed by atoms with Gasteiger partial charge in [0.25, 0.3) is 5.91 Å². The molecule has 0 atom stereocenters. The van der Waals surface area contributed by atoms with E-state index in [1.807, 2.05) is 38.2 Å². The predicted molar refractivity (Wildman–Crippen MR) is 93.5 cm³/mol. The zero-order valence-corrected chi connectivity index (χ0v) is 13.9. The van der Waals surface area contributed by atoms with Gasteiger partial charge < -0.3 is 4.90 Å². The minimum atomic E-state index is 0.0990. The van der Waals surface area contributed by atoms with Crippen molar-refractivity contribution in [1.82, 2.24) is 4.90 Å². The molecule has 112 valence electrons. The molecule has 1 heterocycles. The molecule has 2 aromatic carbocycles. The Labute approximate surface area is 135 Å². The van der Waals surface area contributed by atoms with Crippen LogP contribution in [0.3, 0.4) is 0 Å². The zero-order valence-electron chi connectivity index (χ0n) is 13.1. The highest BCUT2D eigenvalue weighted by molar-refractivity contribution is 7.21. The third kappa shape index (κ3) is 2.64. The minimum absolute atomic E-state index is 0.0990. The lowest BCUT2D eigenvalue weighted by atomic mass is 10.1. The number of aryl methyl sites for hydroxylation is 2. The van der Waals surface area contributed by atoms with Crippen molar-refractivity contribution in [2.24, 2.45) is 0 Å². The Balaban J connectivity index is 1.89. The molecule has 3 rings (SSSR count). The zero-order chi connectivity index (χ0) is 15.7. The molecule has 0 aliphatic carbocycles. The topological polar surface area (TPSA) is 20.3 Å². The standard InChI is InChI=1S/C19H19NOS/c1-13-8-4-5-9-15(13)12-20(3)19(21)18-14(2)16-10-6-7-11-17(16)22-18/h4-11H,12H2,1-3H3. The van der Waals surface area contributed by atoms with Crippen molar-refractivity contribution in [3.63, 3.8) is 0 Å². The van der Waals surface area contributed by atoms with E-state index in [2.05, 4.69) is 31.2 Å². The van der Waals surface area contributed by atoms with Crippen LogP contribution in [0.4, 0.5) is 0 Å². The van der Waals surface area contributed by atoms with Gasteiger partial charge in [-0.2, -0.15) is 0 Å². The van der Waals surface area contributed by atoms with Gasteiger partial charge in [0, 0.05) is 18.3 Å². The van der Waals surface area contributed by atoms with E-state index >= 15 is 0 Å². The first-order valence-corrected chi connectivity index (χ1v) is 8.17. The molecule has 0 N–H and O–H groups in total. The first-order chi connectivity index (χ1) is 10.6. The average Bonchev–Trinajstić information content (AvgIpc) is 2.86. The quantitative estimate of drug-likeness (QED) is 0.681. The van der Waals surface area contributed by atoms with Gasteiger partial charge >= 0.3 is 0 Å². The number of hydrogen-bond donors (Lipinski definition) is 0. The summed E-state index contributed by atoms with van der Waals surface area (Å²) in [7, 11) is 1.87. The Morgan fingerprint density at radius 2 is 1.73 bits per heavy atom. The molecule has 0 bridgehead atoms. The smallest absolute Gasteiger partial charge is 0.264 e. The molecule has 0 saturated heterocycles. The molecule has 0 fully saturated rings. The highest BCUT2D eigenvalue weighted by atomic mass is 32.1. The predicted octanol–water partition coefficient (Wildman–Crippen LogP) is 4.79. The van der Waals surface area contributed by atoms with Crippen molar-refractivity contribution in [3.8, 4) is 0 Å². The molecule has 3 aromatic rings. The summed E-state index contributed by atoms with van der Waals surface area (Å²) in [6.07, 6.45) is 0. The van der Waals surface area contributed by atoms with Crippen LogP contribution >= 0.6 is 11.3 Å². The van der Waals surface area contributed by atoms with Gasteiger partial charge in [0.05, 0.1) is 4.88 Å². The third-order valence-corrected chi connectivity index (χ3v) is 5.31. The molecule has 0 aliphatic rings. The van der Waals surface area contributed by atoms with Crippen LogP contribution in [0.25, 0.3) is 10.1 Å². The van der Waals surface area contributed by atoms with Crippen LogP contribution in [0.2, 0.25) is 0 Å². The molecule has 1 amide bonds. The molecule has 2 nitrogen and oxygen atoms in total. The fraction of sp³-hybridized carbons (Fsp3) is 0.211. The van der Waals surface area contributed by atoms with E-state index in [9.17, 15) is 4.79 Å². The van der Waals surface area contributed by atoms with Gasteiger partial charge in [-0.3, -0.25) is 4.79 Å². The van der Waals surface area contributed by atoms with E-state index in [4.69, 9.17) is 0 Å². The summed E-state index contributed by atoms with van der Waals surface area (Å²) < 4.78 is 1.17. The SMILES string of the molecule is Cc1ccccc1CN(C)C(=O)c1sc2ccccc2c1C. The maximum absolute atomic E-state index is 12.8. The van der Waals surface area contributed by atoms with E-state index in [1.54, 1.807) is 16.2 Å². The van der Waals surface area contributed by atoms with Crippen molar-refractivity contribution in [2.75, 3.05) is 7.05 Å². The number of thiophene rings is 1. The van der Waals surface area contributed by atoms with E-state index in [0.717, 1.165) is 10.4 Å².